The number of aromatic nitrogens is 2. The SMILES string of the molecule is COCCn1c(SCC(=O)Nc2ccc(OC)cc2OC)nc2c(c1=O)S[C@@H](C)C2. The van der Waals surface area contributed by atoms with Gasteiger partial charge in [0.05, 0.1) is 49.4 Å². The van der Waals surface area contributed by atoms with Crippen LogP contribution in [0.1, 0.15) is 12.6 Å². The van der Waals surface area contributed by atoms with Crippen molar-refractivity contribution in [2.45, 2.75) is 35.2 Å². The summed E-state index contributed by atoms with van der Waals surface area (Å²) in [7, 11) is 4.68. The van der Waals surface area contributed by atoms with Gasteiger partial charge in [-0.15, -0.1) is 11.8 Å². The lowest BCUT2D eigenvalue weighted by Crippen LogP contribution is -2.27. The molecule has 30 heavy (non-hydrogen) atoms. The van der Waals surface area contributed by atoms with Gasteiger partial charge in [0.2, 0.25) is 5.91 Å². The average Bonchev–Trinajstić information content (AvgIpc) is 3.12. The molecule has 0 spiro atoms. The predicted octanol–water partition coefficient (Wildman–Crippen LogP) is 2.67. The molecule has 2 aromatic rings. The lowest BCUT2D eigenvalue weighted by atomic mass is 10.2. The highest BCUT2D eigenvalue weighted by Crippen LogP contribution is 2.34. The van der Waals surface area contributed by atoms with Crippen LogP contribution in [0.15, 0.2) is 33.0 Å². The minimum atomic E-state index is -0.223. The topological polar surface area (TPSA) is 91.7 Å². The van der Waals surface area contributed by atoms with E-state index in [-0.39, 0.29) is 17.2 Å². The molecule has 0 fully saturated rings. The Labute approximate surface area is 183 Å². The number of hydrogen-bond acceptors (Lipinski definition) is 8. The number of nitrogens with one attached hydrogen (secondary N) is 1. The number of fused-ring (bicyclic) bond motifs is 1. The van der Waals surface area contributed by atoms with Gasteiger partial charge >= 0.3 is 0 Å². The van der Waals surface area contributed by atoms with E-state index in [4.69, 9.17) is 14.2 Å². The zero-order valence-corrected chi connectivity index (χ0v) is 19.0. The number of carbonyl (C=O) groups is 1. The van der Waals surface area contributed by atoms with E-state index in [2.05, 4.69) is 17.2 Å². The fraction of sp³-hybridized carbons (Fsp3) is 0.450. The first-order valence-corrected chi connectivity index (χ1v) is 11.3. The van der Waals surface area contributed by atoms with Crippen molar-refractivity contribution in [2.75, 3.05) is 39.0 Å². The Morgan fingerprint density at radius 2 is 2.13 bits per heavy atom. The number of hydrogen-bond donors (Lipinski definition) is 1. The van der Waals surface area contributed by atoms with Crippen molar-refractivity contribution in [1.82, 2.24) is 9.55 Å². The molecule has 1 aliphatic heterocycles. The monoisotopic (exact) mass is 451 g/mol. The number of anilines is 1. The molecule has 0 aliphatic carbocycles. The normalized spacial score (nSPS) is 15.0. The summed E-state index contributed by atoms with van der Waals surface area (Å²) >= 11 is 2.79. The van der Waals surface area contributed by atoms with Crippen LogP contribution in [0.3, 0.4) is 0 Å². The first kappa shape index (κ1) is 22.5. The first-order valence-electron chi connectivity index (χ1n) is 9.40. The third-order valence-corrected chi connectivity index (χ3v) is 6.69. The number of thioether (sulfide) groups is 2. The van der Waals surface area contributed by atoms with Crippen LogP contribution in [0.2, 0.25) is 0 Å². The van der Waals surface area contributed by atoms with Crippen LogP contribution in [0.4, 0.5) is 5.69 Å². The second-order valence-corrected chi connectivity index (χ2v) is 9.05. The molecule has 1 amide bonds. The molecule has 3 rings (SSSR count). The zero-order chi connectivity index (χ0) is 21.7. The molecule has 1 aliphatic rings. The van der Waals surface area contributed by atoms with Gasteiger partial charge in [-0.1, -0.05) is 18.7 Å². The van der Waals surface area contributed by atoms with Crippen LogP contribution in [-0.2, 0) is 22.5 Å². The van der Waals surface area contributed by atoms with Crippen molar-refractivity contribution < 1.29 is 19.0 Å². The summed E-state index contributed by atoms with van der Waals surface area (Å²) in [5, 5.41) is 3.69. The highest BCUT2D eigenvalue weighted by atomic mass is 32.2. The average molecular weight is 452 g/mol. The van der Waals surface area contributed by atoms with Crippen molar-refractivity contribution in [3.63, 3.8) is 0 Å². The second kappa shape index (κ2) is 10.2. The molecule has 1 aromatic heterocycles. The molecule has 1 N–H and O–H groups in total. The van der Waals surface area contributed by atoms with Gasteiger partial charge in [0.15, 0.2) is 5.16 Å². The zero-order valence-electron chi connectivity index (χ0n) is 17.4. The van der Waals surface area contributed by atoms with E-state index in [1.807, 2.05) is 0 Å². The maximum atomic E-state index is 12.9. The number of methoxy groups -OCH3 is 3. The molecular weight excluding hydrogens is 426 g/mol. The lowest BCUT2D eigenvalue weighted by Gasteiger charge is -2.14. The number of amides is 1. The summed E-state index contributed by atoms with van der Waals surface area (Å²) in [6, 6.07) is 5.17. The molecule has 1 atom stereocenters. The molecule has 162 valence electrons. The standard InChI is InChI=1S/C20H25N3O5S2/c1-12-9-15-18(30-12)19(25)23(7-8-26-2)20(22-15)29-11-17(24)21-14-6-5-13(27-3)10-16(14)28-4/h5-6,10,12H,7-9,11H2,1-4H3,(H,21,24)/t12-/m0/s1. The van der Waals surface area contributed by atoms with Crippen LogP contribution in [0, 0.1) is 0 Å². The molecule has 8 nitrogen and oxygen atoms in total. The van der Waals surface area contributed by atoms with Gasteiger partial charge in [-0.2, -0.15) is 0 Å². The number of rotatable bonds is 9. The Morgan fingerprint density at radius 1 is 1.33 bits per heavy atom. The van der Waals surface area contributed by atoms with Gasteiger partial charge in [-0.05, 0) is 12.1 Å². The summed E-state index contributed by atoms with van der Waals surface area (Å²) in [6.07, 6.45) is 0.753. The maximum absolute atomic E-state index is 12.9. The largest absolute Gasteiger partial charge is 0.497 e. The minimum absolute atomic E-state index is 0.0638. The maximum Gasteiger partial charge on any atom is 0.268 e. The van der Waals surface area contributed by atoms with Crippen LogP contribution in [-0.4, -0.2) is 54.4 Å². The van der Waals surface area contributed by atoms with Crippen molar-refractivity contribution >= 4 is 35.1 Å². The third-order valence-electron chi connectivity index (χ3n) is 4.50. The molecule has 10 heteroatoms. The van der Waals surface area contributed by atoms with Gasteiger partial charge in [-0.25, -0.2) is 4.98 Å². The first-order chi connectivity index (χ1) is 14.5. The van der Waals surface area contributed by atoms with E-state index in [0.717, 1.165) is 12.1 Å². The molecule has 0 radical (unpaired) electrons. The predicted molar refractivity (Wildman–Crippen MR) is 118 cm³/mol. The third kappa shape index (κ3) is 5.11. The van der Waals surface area contributed by atoms with E-state index in [1.165, 1.54) is 18.9 Å². The molecule has 0 saturated heterocycles. The quantitative estimate of drug-likeness (QED) is 0.460. The van der Waals surface area contributed by atoms with Crippen LogP contribution in [0.5, 0.6) is 11.5 Å². The van der Waals surface area contributed by atoms with E-state index >= 15 is 0 Å². The Bertz CT molecular complexity index is 980. The van der Waals surface area contributed by atoms with E-state index in [1.54, 1.807) is 48.7 Å². The Morgan fingerprint density at radius 3 is 2.83 bits per heavy atom. The highest BCUT2D eigenvalue weighted by molar-refractivity contribution is 8.00. The number of benzene rings is 1. The van der Waals surface area contributed by atoms with Gasteiger partial charge in [0.1, 0.15) is 11.5 Å². The molecule has 0 unspecified atom stereocenters. The highest BCUT2D eigenvalue weighted by Gasteiger charge is 2.26. The summed E-state index contributed by atoms with van der Waals surface area (Å²) < 4.78 is 17.2. The van der Waals surface area contributed by atoms with Crippen molar-refractivity contribution in [1.29, 1.82) is 0 Å². The Hall–Kier alpha value is -2.17. The smallest absolute Gasteiger partial charge is 0.268 e. The lowest BCUT2D eigenvalue weighted by molar-refractivity contribution is -0.113. The van der Waals surface area contributed by atoms with Crippen molar-refractivity contribution in [2.24, 2.45) is 0 Å². The van der Waals surface area contributed by atoms with E-state index in [9.17, 15) is 9.59 Å². The summed E-state index contributed by atoms with van der Waals surface area (Å²) in [5.74, 6) is 1.03. The van der Waals surface area contributed by atoms with Crippen LogP contribution >= 0.6 is 23.5 Å². The molecule has 1 aromatic carbocycles. The fourth-order valence-corrected chi connectivity index (χ4v) is 5.00. The minimum Gasteiger partial charge on any atom is -0.497 e. The fourth-order valence-electron chi connectivity index (χ4n) is 3.04. The Kier molecular flexibility index (Phi) is 7.68. The van der Waals surface area contributed by atoms with Gasteiger partial charge in [0.25, 0.3) is 5.56 Å². The Balaban J connectivity index is 1.75. The second-order valence-electron chi connectivity index (χ2n) is 6.66. The molecule has 0 bridgehead atoms. The van der Waals surface area contributed by atoms with Crippen molar-refractivity contribution in [3.05, 3.63) is 34.2 Å². The number of carbonyl (C=O) groups excluding carboxylic acids is 1. The summed E-state index contributed by atoms with van der Waals surface area (Å²) in [4.78, 5) is 30.8. The summed E-state index contributed by atoms with van der Waals surface area (Å²) in [6.45, 7) is 2.86. The van der Waals surface area contributed by atoms with Gasteiger partial charge < -0.3 is 19.5 Å². The van der Waals surface area contributed by atoms with Gasteiger partial charge in [0, 0.05) is 24.8 Å². The number of ether oxygens (including phenoxy) is 3. The number of nitrogens with zero attached hydrogens (tertiary/aromatic N) is 2. The summed E-state index contributed by atoms with van der Waals surface area (Å²) in [5.41, 5.74) is 1.30. The van der Waals surface area contributed by atoms with Crippen molar-refractivity contribution in [3.8, 4) is 11.5 Å². The molecule has 0 saturated carbocycles. The van der Waals surface area contributed by atoms with E-state index in [0.29, 0.717) is 45.6 Å². The van der Waals surface area contributed by atoms with Crippen LogP contribution < -0.4 is 20.3 Å². The van der Waals surface area contributed by atoms with Crippen LogP contribution in [0.25, 0.3) is 0 Å². The molecular formula is C20H25N3O5S2. The van der Waals surface area contributed by atoms with Gasteiger partial charge in [-0.3, -0.25) is 14.2 Å². The van der Waals surface area contributed by atoms with E-state index < -0.39 is 0 Å². The molecule has 2 heterocycles.